The number of thiophene rings is 1. The highest BCUT2D eigenvalue weighted by atomic mass is 32.1. The Hall–Kier alpha value is -1.91. The van der Waals surface area contributed by atoms with Gasteiger partial charge in [-0.2, -0.15) is 5.10 Å². The maximum atomic E-state index is 4.46. The summed E-state index contributed by atoms with van der Waals surface area (Å²) >= 11 is 1.79. The largest absolute Gasteiger partial charge is 0.303 e. The maximum Gasteiger partial charge on any atom is 0.0645 e. The Labute approximate surface area is 129 Å². The lowest BCUT2D eigenvalue weighted by Gasteiger charge is -2.17. The van der Waals surface area contributed by atoms with Gasteiger partial charge in [-0.15, -0.1) is 11.3 Å². The summed E-state index contributed by atoms with van der Waals surface area (Å²) < 4.78 is 1.92. The zero-order chi connectivity index (χ0) is 14.7. The van der Waals surface area contributed by atoms with Crippen LogP contribution in [0.5, 0.6) is 0 Å². The lowest BCUT2D eigenvalue weighted by molar-refractivity contribution is 0.500. The van der Waals surface area contributed by atoms with E-state index in [9.17, 15) is 0 Å². The van der Waals surface area contributed by atoms with Crippen molar-refractivity contribution in [1.82, 2.24) is 15.1 Å². The van der Waals surface area contributed by atoms with E-state index in [2.05, 4.69) is 60.1 Å². The second-order valence-corrected chi connectivity index (χ2v) is 6.16. The molecule has 4 heteroatoms. The average Bonchev–Trinajstić information content (AvgIpc) is 3.20. The van der Waals surface area contributed by atoms with Crippen molar-refractivity contribution in [3.05, 3.63) is 70.7 Å². The molecule has 3 nitrogen and oxygen atoms in total. The van der Waals surface area contributed by atoms with E-state index >= 15 is 0 Å². The molecule has 1 unspecified atom stereocenters. The van der Waals surface area contributed by atoms with Crippen LogP contribution in [-0.4, -0.2) is 9.78 Å². The van der Waals surface area contributed by atoms with E-state index in [-0.39, 0.29) is 6.04 Å². The van der Waals surface area contributed by atoms with Crippen LogP contribution < -0.4 is 5.32 Å². The highest BCUT2D eigenvalue weighted by molar-refractivity contribution is 7.10. The Morgan fingerprint density at radius 3 is 2.57 bits per heavy atom. The monoisotopic (exact) mass is 297 g/mol. The fourth-order valence-corrected chi connectivity index (χ4v) is 3.12. The van der Waals surface area contributed by atoms with Gasteiger partial charge in [-0.05, 0) is 37.4 Å². The molecule has 0 fully saturated rings. The zero-order valence-corrected chi connectivity index (χ0v) is 13.0. The van der Waals surface area contributed by atoms with Crippen molar-refractivity contribution in [2.45, 2.75) is 25.9 Å². The van der Waals surface area contributed by atoms with E-state index in [1.807, 2.05) is 29.1 Å². The van der Waals surface area contributed by atoms with Crippen LogP contribution in [0.1, 0.15) is 36.4 Å². The predicted octanol–water partition coefficient (Wildman–Crippen LogP) is 4.35. The second kappa shape index (κ2) is 6.24. The van der Waals surface area contributed by atoms with Crippen molar-refractivity contribution >= 4 is 11.3 Å². The molecule has 2 atom stereocenters. The van der Waals surface area contributed by atoms with E-state index in [0.717, 1.165) is 5.69 Å². The summed E-state index contributed by atoms with van der Waals surface area (Å²) in [5, 5.41) is 10.2. The smallest absolute Gasteiger partial charge is 0.0645 e. The minimum atomic E-state index is 0.263. The summed E-state index contributed by atoms with van der Waals surface area (Å²) in [5.41, 5.74) is 2.28. The molecular weight excluding hydrogens is 278 g/mol. The van der Waals surface area contributed by atoms with Crippen molar-refractivity contribution in [2.24, 2.45) is 0 Å². The number of benzene rings is 1. The predicted molar refractivity (Wildman–Crippen MR) is 87.8 cm³/mol. The van der Waals surface area contributed by atoms with E-state index in [1.54, 1.807) is 11.3 Å². The number of nitrogens with zero attached hydrogens (tertiary/aromatic N) is 2. The van der Waals surface area contributed by atoms with Crippen LogP contribution in [0.15, 0.2) is 60.2 Å². The lowest BCUT2D eigenvalue weighted by Crippen LogP contribution is -2.21. The molecule has 2 heterocycles. The second-order valence-electron chi connectivity index (χ2n) is 5.18. The zero-order valence-electron chi connectivity index (χ0n) is 12.2. The molecule has 108 valence electrons. The van der Waals surface area contributed by atoms with Gasteiger partial charge in [0.25, 0.3) is 0 Å². The van der Waals surface area contributed by atoms with E-state index < -0.39 is 0 Å². The topological polar surface area (TPSA) is 29.9 Å². The highest BCUT2D eigenvalue weighted by Crippen LogP contribution is 2.22. The van der Waals surface area contributed by atoms with Crippen molar-refractivity contribution < 1.29 is 0 Å². The van der Waals surface area contributed by atoms with Crippen molar-refractivity contribution in [3.63, 3.8) is 0 Å². The van der Waals surface area contributed by atoms with Gasteiger partial charge in [0, 0.05) is 28.7 Å². The summed E-state index contributed by atoms with van der Waals surface area (Å²) in [5.74, 6) is 0. The number of rotatable bonds is 5. The molecule has 1 N–H and O–H groups in total. The van der Waals surface area contributed by atoms with Gasteiger partial charge >= 0.3 is 0 Å². The molecule has 0 aliphatic rings. The van der Waals surface area contributed by atoms with E-state index in [4.69, 9.17) is 0 Å². The summed E-state index contributed by atoms with van der Waals surface area (Å²) in [6.07, 6.45) is 4.03. The first-order chi connectivity index (χ1) is 10.2. The molecule has 2 aromatic heterocycles. The van der Waals surface area contributed by atoms with Gasteiger partial charge in [0.15, 0.2) is 0 Å². The fourth-order valence-electron chi connectivity index (χ4n) is 2.37. The van der Waals surface area contributed by atoms with Gasteiger partial charge in [0.1, 0.15) is 0 Å². The summed E-state index contributed by atoms with van der Waals surface area (Å²) in [4.78, 5) is 1.36. The number of nitrogens with one attached hydrogen (secondary N) is 1. The van der Waals surface area contributed by atoms with Gasteiger partial charge in [-0.3, -0.25) is 0 Å². The van der Waals surface area contributed by atoms with E-state index in [0.29, 0.717) is 6.04 Å². The Morgan fingerprint density at radius 2 is 1.86 bits per heavy atom. The molecule has 0 amide bonds. The van der Waals surface area contributed by atoms with Gasteiger partial charge in [-0.1, -0.05) is 24.3 Å². The number of para-hydroxylation sites is 1. The molecule has 1 aromatic carbocycles. The first-order valence-electron chi connectivity index (χ1n) is 7.13. The Kier molecular flexibility index (Phi) is 4.18. The van der Waals surface area contributed by atoms with Crippen molar-refractivity contribution in [2.75, 3.05) is 0 Å². The van der Waals surface area contributed by atoms with Crippen molar-refractivity contribution in [3.8, 4) is 5.69 Å². The first kappa shape index (κ1) is 14.0. The molecule has 21 heavy (non-hydrogen) atoms. The first-order valence-corrected chi connectivity index (χ1v) is 8.01. The SMILES string of the molecule is CC(N[C@H](C)c1cccs1)c1cnn(-c2ccccc2)c1. The van der Waals surface area contributed by atoms with Crippen LogP contribution in [0.2, 0.25) is 0 Å². The molecule has 0 aliphatic heterocycles. The third kappa shape index (κ3) is 3.23. The number of aromatic nitrogens is 2. The fraction of sp³-hybridized carbons (Fsp3) is 0.235. The normalized spacial score (nSPS) is 14.0. The minimum Gasteiger partial charge on any atom is -0.303 e. The van der Waals surface area contributed by atoms with Gasteiger partial charge in [0.2, 0.25) is 0 Å². The molecular formula is C17H19N3S. The highest BCUT2D eigenvalue weighted by Gasteiger charge is 2.13. The number of hydrogen-bond acceptors (Lipinski definition) is 3. The van der Waals surface area contributed by atoms with Crippen LogP contribution in [0.3, 0.4) is 0 Å². The molecule has 0 saturated carbocycles. The van der Waals surface area contributed by atoms with Gasteiger partial charge < -0.3 is 5.32 Å². The van der Waals surface area contributed by atoms with E-state index in [1.165, 1.54) is 10.4 Å². The Morgan fingerprint density at radius 1 is 1.05 bits per heavy atom. The van der Waals surface area contributed by atoms with Crippen LogP contribution in [-0.2, 0) is 0 Å². The quantitative estimate of drug-likeness (QED) is 0.759. The van der Waals surface area contributed by atoms with Crippen LogP contribution in [0, 0.1) is 0 Å². The summed E-state index contributed by atoms with van der Waals surface area (Å²) in [7, 11) is 0. The Balaban J connectivity index is 1.71. The molecule has 0 aliphatic carbocycles. The molecule has 0 saturated heterocycles. The van der Waals surface area contributed by atoms with Crippen LogP contribution >= 0.6 is 11.3 Å². The van der Waals surface area contributed by atoms with Crippen LogP contribution in [0.25, 0.3) is 5.69 Å². The molecule has 3 aromatic rings. The maximum absolute atomic E-state index is 4.46. The standard InChI is InChI=1S/C17H19N3S/c1-13(19-14(2)17-9-6-10-21-17)15-11-18-20(12-15)16-7-4-3-5-8-16/h3-14,19H,1-2H3/t13?,14-/m1/s1. The number of hydrogen-bond donors (Lipinski definition) is 1. The minimum absolute atomic E-state index is 0.263. The van der Waals surface area contributed by atoms with Gasteiger partial charge in [0.05, 0.1) is 11.9 Å². The van der Waals surface area contributed by atoms with Gasteiger partial charge in [-0.25, -0.2) is 4.68 Å². The third-order valence-electron chi connectivity index (χ3n) is 3.59. The molecule has 3 rings (SSSR count). The van der Waals surface area contributed by atoms with Crippen molar-refractivity contribution in [1.29, 1.82) is 0 Å². The van der Waals surface area contributed by atoms with Crippen LogP contribution in [0.4, 0.5) is 0 Å². The Bertz CT molecular complexity index is 673. The summed E-state index contributed by atoms with van der Waals surface area (Å²) in [6, 6.07) is 15.1. The summed E-state index contributed by atoms with van der Waals surface area (Å²) in [6.45, 7) is 4.38. The molecule has 0 bridgehead atoms. The third-order valence-corrected chi connectivity index (χ3v) is 4.65. The molecule has 0 spiro atoms. The molecule has 0 radical (unpaired) electrons. The lowest BCUT2D eigenvalue weighted by atomic mass is 10.1. The average molecular weight is 297 g/mol.